The van der Waals surface area contributed by atoms with Gasteiger partial charge < -0.3 is 10.1 Å². The molecule has 1 fully saturated rings. The highest BCUT2D eigenvalue weighted by molar-refractivity contribution is 6.30. The number of carbonyl (C=O) groups is 1. The number of rotatable bonds is 7. The summed E-state index contributed by atoms with van der Waals surface area (Å²) >= 11 is 6.26. The summed E-state index contributed by atoms with van der Waals surface area (Å²) < 4.78 is 7.94. The first-order valence-corrected chi connectivity index (χ1v) is 11.3. The highest BCUT2D eigenvalue weighted by Crippen LogP contribution is 2.27. The number of aromatic nitrogens is 2. The molecule has 1 aliphatic rings. The molecule has 6 heteroatoms. The third-order valence-corrected chi connectivity index (χ3v) is 6.02. The minimum Gasteiger partial charge on any atom is -0.489 e. The van der Waals surface area contributed by atoms with E-state index in [0.717, 1.165) is 48.3 Å². The second kappa shape index (κ2) is 10.0. The molecule has 1 amide bonds. The fourth-order valence-electron chi connectivity index (χ4n) is 4.03. The first-order valence-electron chi connectivity index (χ1n) is 10.9. The molecule has 0 saturated heterocycles. The van der Waals surface area contributed by atoms with E-state index < -0.39 is 0 Å². The number of anilines is 1. The Balaban J connectivity index is 1.46. The van der Waals surface area contributed by atoms with Crippen LogP contribution in [0.5, 0.6) is 5.75 Å². The second-order valence-corrected chi connectivity index (χ2v) is 8.62. The zero-order valence-electron chi connectivity index (χ0n) is 17.8. The van der Waals surface area contributed by atoms with Crippen molar-refractivity contribution >= 4 is 23.3 Å². The number of hydrogen-bond acceptors (Lipinski definition) is 3. The monoisotopic (exact) mass is 437 g/mol. The molecule has 0 unspecified atom stereocenters. The quantitative estimate of drug-likeness (QED) is 0.493. The minimum atomic E-state index is 0.0824. The predicted octanol–water partition coefficient (Wildman–Crippen LogP) is 5.99. The average Bonchev–Trinajstić information content (AvgIpc) is 3.13. The lowest BCUT2D eigenvalue weighted by atomic mass is 9.89. The number of benzene rings is 2. The smallest absolute Gasteiger partial charge is 0.228 e. The summed E-state index contributed by atoms with van der Waals surface area (Å²) in [6.07, 6.45) is 5.43. The molecule has 4 rings (SSSR count). The van der Waals surface area contributed by atoms with E-state index in [-0.39, 0.29) is 11.8 Å². The van der Waals surface area contributed by atoms with Gasteiger partial charge in [-0.05, 0) is 43.5 Å². The first-order chi connectivity index (χ1) is 15.1. The Kier molecular flexibility index (Phi) is 6.92. The van der Waals surface area contributed by atoms with Crippen molar-refractivity contribution in [3.8, 4) is 5.75 Å². The molecule has 3 aromatic rings. The lowest BCUT2D eigenvalue weighted by Gasteiger charge is -2.19. The summed E-state index contributed by atoms with van der Waals surface area (Å²) in [5, 5.41) is 8.27. The normalized spacial score (nSPS) is 14.4. The van der Waals surface area contributed by atoms with Gasteiger partial charge in [0.25, 0.3) is 0 Å². The Morgan fingerprint density at radius 3 is 2.68 bits per heavy atom. The van der Waals surface area contributed by atoms with E-state index in [0.29, 0.717) is 24.0 Å². The van der Waals surface area contributed by atoms with Crippen LogP contribution < -0.4 is 10.1 Å². The molecular weight excluding hydrogens is 410 g/mol. The van der Waals surface area contributed by atoms with E-state index in [9.17, 15) is 4.79 Å². The van der Waals surface area contributed by atoms with Gasteiger partial charge in [-0.3, -0.25) is 9.48 Å². The van der Waals surface area contributed by atoms with Gasteiger partial charge in [0.2, 0.25) is 5.91 Å². The molecular formula is C25H28ClN3O2. The summed E-state index contributed by atoms with van der Waals surface area (Å²) in [6, 6.07) is 17.6. The fraction of sp³-hybridized carbons (Fsp3) is 0.360. The Bertz CT molecular complexity index is 1030. The van der Waals surface area contributed by atoms with Crippen molar-refractivity contribution in [1.29, 1.82) is 0 Å². The van der Waals surface area contributed by atoms with Gasteiger partial charge >= 0.3 is 0 Å². The standard InChI is InChI=1S/C25H28ClN3O2/c1-18-14-24(27-25(30)20-10-6-3-7-11-20)28-29(18)16-21-15-22(26)12-13-23(21)31-17-19-8-4-2-5-9-19/h2,4-5,8-9,12-15,20H,3,6-7,10-11,16-17H2,1H3,(H,27,28,30). The number of nitrogens with zero attached hydrogens (tertiary/aromatic N) is 2. The van der Waals surface area contributed by atoms with Crippen LogP contribution in [0.4, 0.5) is 5.82 Å². The van der Waals surface area contributed by atoms with E-state index in [1.54, 1.807) is 0 Å². The van der Waals surface area contributed by atoms with E-state index in [2.05, 4.69) is 10.4 Å². The summed E-state index contributed by atoms with van der Waals surface area (Å²) in [7, 11) is 0. The molecule has 1 aromatic heterocycles. The topological polar surface area (TPSA) is 56.2 Å². The Morgan fingerprint density at radius 1 is 1.13 bits per heavy atom. The molecule has 162 valence electrons. The number of amides is 1. The van der Waals surface area contributed by atoms with Gasteiger partial charge in [-0.1, -0.05) is 61.2 Å². The van der Waals surface area contributed by atoms with Crippen LogP contribution in [0.1, 0.15) is 48.9 Å². The van der Waals surface area contributed by atoms with Crippen LogP contribution in [0.3, 0.4) is 0 Å². The summed E-state index contributed by atoms with van der Waals surface area (Å²) in [5.41, 5.74) is 3.01. The lowest BCUT2D eigenvalue weighted by molar-refractivity contribution is -0.120. The maximum Gasteiger partial charge on any atom is 0.228 e. The molecule has 1 saturated carbocycles. The van der Waals surface area contributed by atoms with Gasteiger partial charge in [0.1, 0.15) is 12.4 Å². The molecule has 1 aliphatic carbocycles. The van der Waals surface area contributed by atoms with Gasteiger partial charge in [0.15, 0.2) is 5.82 Å². The SMILES string of the molecule is Cc1cc(NC(=O)C2CCCCC2)nn1Cc1cc(Cl)ccc1OCc1ccccc1. The lowest BCUT2D eigenvalue weighted by Crippen LogP contribution is -2.25. The van der Waals surface area contributed by atoms with Crippen molar-refractivity contribution in [1.82, 2.24) is 9.78 Å². The van der Waals surface area contributed by atoms with E-state index in [1.807, 2.05) is 66.2 Å². The fourth-order valence-corrected chi connectivity index (χ4v) is 4.23. The van der Waals surface area contributed by atoms with Crippen LogP contribution in [-0.4, -0.2) is 15.7 Å². The van der Waals surface area contributed by atoms with Crippen LogP contribution in [0.2, 0.25) is 5.02 Å². The van der Waals surface area contributed by atoms with Crippen LogP contribution >= 0.6 is 11.6 Å². The summed E-state index contributed by atoms with van der Waals surface area (Å²) in [4.78, 5) is 12.6. The molecule has 1 heterocycles. The first kappa shape index (κ1) is 21.4. The number of nitrogens with one attached hydrogen (secondary N) is 1. The molecule has 0 radical (unpaired) electrons. The maximum absolute atomic E-state index is 12.6. The van der Waals surface area contributed by atoms with Crippen molar-refractivity contribution in [3.05, 3.63) is 76.4 Å². The second-order valence-electron chi connectivity index (χ2n) is 8.18. The average molecular weight is 438 g/mol. The van der Waals surface area contributed by atoms with Crippen molar-refractivity contribution < 1.29 is 9.53 Å². The number of aryl methyl sites for hydroxylation is 1. The number of halogens is 1. The third kappa shape index (κ3) is 5.67. The number of ether oxygens (including phenoxy) is 1. The Labute approximate surface area is 188 Å². The highest BCUT2D eigenvalue weighted by Gasteiger charge is 2.22. The van der Waals surface area contributed by atoms with Gasteiger partial charge in [-0.2, -0.15) is 5.10 Å². The molecule has 0 atom stereocenters. The van der Waals surface area contributed by atoms with Crippen molar-refractivity contribution in [2.75, 3.05) is 5.32 Å². The van der Waals surface area contributed by atoms with Crippen molar-refractivity contribution in [2.45, 2.75) is 52.2 Å². The highest BCUT2D eigenvalue weighted by atomic mass is 35.5. The minimum absolute atomic E-state index is 0.0824. The maximum atomic E-state index is 12.6. The molecule has 0 aliphatic heterocycles. The Morgan fingerprint density at radius 2 is 1.90 bits per heavy atom. The predicted molar refractivity (Wildman–Crippen MR) is 123 cm³/mol. The van der Waals surface area contributed by atoms with Crippen molar-refractivity contribution in [3.63, 3.8) is 0 Å². The molecule has 2 aromatic carbocycles. The van der Waals surface area contributed by atoms with Gasteiger partial charge in [-0.25, -0.2) is 0 Å². The molecule has 5 nitrogen and oxygen atoms in total. The van der Waals surface area contributed by atoms with E-state index in [1.165, 1.54) is 6.42 Å². The largest absolute Gasteiger partial charge is 0.489 e. The third-order valence-electron chi connectivity index (χ3n) is 5.79. The number of hydrogen-bond donors (Lipinski definition) is 1. The van der Waals surface area contributed by atoms with Crippen LogP contribution in [0.15, 0.2) is 54.6 Å². The van der Waals surface area contributed by atoms with E-state index >= 15 is 0 Å². The molecule has 0 bridgehead atoms. The Hall–Kier alpha value is -2.79. The molecule has 0 spiro atoms. The van der Waals surface area contributed by atoms with Gasteiger partial charge in [0, 0.05) is 28.3 Å². The van der Waals surface area contributed by atoms with Crippen molar-refractivity contribution in [2.24, 2.45) is 5.92 Å². The van der Waals surface area contributed by atoms with Crippen LogP contribution in [-0.2, 0) is 17.9 Å². The molecule has 31 heavy (non-hydrogen) atoms. The van der Waals surface area contributed by atoms with Gasteiger partial charge in [-0.15, -0.1) is 0 Å². The summed E-state index contributed by atoms with van der Waals surface area (Å²) in [6.45, 7) is 2.98. The summed E-state index contributed by atoms with van der Waals surface area (Å²) in [5.74, 6) is 1.56. The van der Waals surface area contributed by atoms with E-state index in [4.69, 9.17) is 16.3 Å². The molecule has 1 N–H and O–H groups in total. The van der Waals surface area contributed by atoms with Crippen LogP contribution in [0, 0.1) is 12.8 Å². The zero-order valence-corrected chi connectivity index (χ0v) is 18.6. The number of carbonyl (C=O) groups excluding carboxylic acids is 1. The zero-order chi connectivity index (χ0) is 21.6. The van der Waals surface area contributed by atoms with Gasteiger partial charge in [0.05, 0.1) is 6.54 Å². The van der Waals surface area contributed by atoms with Crippen LogP contribution in [0.25, 0.3) is 0 Å².